The molecule has 104 valence electrons. The lowest BCUT2D eigenvalue weighted by Gasteiger charge is -1.96. The maximum absolute atomic E-state index is 10.8. The van der Waals surface area contributed by atoms with Crippen LogP contribution in [0.25, 0.3) is 22.9 Å². The monoisotopic (exact) mass is 301 g/mol. The van der Waals surface area contributed by atoms with Gasteiger partial charge in [0.05, 0.1) is 4.92 Å². The number of benzene rings is 2. The number of hydrogen-bond donors (Lipinski definition) is 0. The summed E-state index contributed by atoms with van der Waals surface area (Å²) in [7, 11) is 0. The first-order valence-corrected chi connectivity index (χ1v) is 6.35. The Morgan fingerprint density at radius 2 is 1.67 bits per heavy atom. The Morgan fingerprint density at radius 3 is 2.33 bits per heavy atom. The van der Waals surface area contributed by atoms with Gasteiger partial charge in [-0.3, -0.25) is 10.1 Å². The van der Waals surface area contributed by atoms with Crippen molar-refractivity contribution in [1.29, 1.82) is 0 Å². The van der Waals surface area contributed by atoms with E-state index in [4.69, 9.17) is 16.0 Å². The largest absolute Gasteiger partial charge is 0.416 e. The second kappa shape index (κ2) is 5.34. The average Bonchev–Trinajstić information content (AvgIpc) is 2.98. The standard InChI is InChI=1S/C14H8ClN3O3/c15-11-6-4-9(5-7-11)13-16-17-14(21-13)10-2-1-3-12(8-10)18(19)20/h1-8H. The Kier molecular flexibility index (Phi) is 3.37. The predicted molar refractivity (Wildman–Crippen MR) is 76.8 cm³/mol. The van der Waals surface area contributed by atoms with E-state index in [1.807, 2.05) is 0 Å². The second-order valence-electron chi connectivity index (χ2n) is 4.23. The third kappa shape index (κ3) is 2.75. The highest BCUT2D eigenvalue weighted by molar-refractivity contribution is 6.30. The second-order valence-corrected chi connectivity index (χ2v) is 4.66. The first kappa shape index (κ1) is 13.3. The van der Waals surface area contributed by atoms with Crippen LogP contribution in [0.15, 0.2) is 52.9 Å². The van der Waals surface area contributed by atoms with Crippen molar-refractivity contribution in [2.24, 2.45) is 0 Å². The summed E-state index contributed by atoms with van der Waals surface area (Å²) in [6.45, 7) is 0. The van der Waals surface area contributed by atoms with Crippen LogP contribution >= 0.6 is 11.6 Å². The minimum atomic E-state index is -0.472. The van der Waals surface area contributed by atoms with Crippen molar-refractivity contribution in [1.82, 2.24) is 10.2 Å². The molecule has 1 heterocycles. The molecular formula is C14H8ClN3O3. The highest BCUT2D eigenvalue weighted by Gasteiger charge is 2.13. The van der Waals surface area contributed by atoms with Crippen molar-refractivity contribution in [2.45, 2.75) is 0 Å². The van der Waals surface area contributed by atoms with Crippen LogP contribution < -0.4 is 0 Å². The zero-order chi connectivity index (χ0) is 14.8. The summed E-state index contributed by atoms with van der Waals surface area (Å²) in [5.74, 6) is 0.553. The van der Waals surface area contributed by atoms with E-state index in [9.17, 15) is 10.1 Å². The Hall–Kier alpha value is -2.73. The Balaban J connectivity index is 1.96. The number of nitro benzene ring substituents is 1. The molecule has 0 radical (unpaired) electrons. The van der Waals surface area contributed by atoms with Crippen molar-refractivity contribution < 1.29 is 9.34 Å². The van der Waals surface area contributed by atoms with Crippen LogP contribution in [-0.4, -0.2) is 15.1 Å². The van der Waals surface area contributed by atoms with Crippen LogP contribution in [0, 0.1) is 10.1 Å². The molecule has 0 aliphatic heterocycles. The van der Waals surface area contributed by atoms with Gasteiger partial charge in [0.2, 0.25) is 11.8 Å². The summed E-state index contributed by atoms with van der Waals surface area (Å²) >= 11 is 5.82. The van der Waals surface area contributed by atoms with Crippen LogP contribution in [0.3, 0.4) is 0 Å². The molecule has 0 amide bonds. The Labute approximate surface area is 124 Å². The Morgan fingerprint density at radius 1 is 1.00 bits per heavy atom. The number of rotatable bonds is 3. The summed E-state index contributed by atoms with van der Waals surface area (Å²) in [5, 5.41) is 19.2. The van der Waals surface area contributed by atoms with Gasteiger partial charge < -0.3 is 4.42 Å². The molecule has 0 unspecified atom stereocenters. The molecule has 0 N–H and O–H groups in total. The Bertz CT molecular complexity index is 799. The van der Waals surface area contributed by atoms with Gasteiger partial charge >= 0.3 is 0 Å². The van der Waals surface area contributed by atoms with E-state index in [0.29, 0.717) is 16.5 Å². The maximum atomic E-state index is 10.8. The van der Waals surface area contributed by atoms with E-state index in [1.165, 1.54) is 12.1 Å². The molecule has 0 aliphatic rings. The molecule has 0 atom stereocenters. The van der Waals surface area contributed by atoms with Gasteiger partial charge in [-0.2, -0.15) is 0 Å². The third-order valence-corrected chi connectivity index (χ3v) is 3.07. The van der Waals surface area contributed by atoms with Crippen LogP contribution in [-0.2, 0) is 0 Å². The van der Waals surface area contributed by atoms with Crippen molar-refractivity contribution in [3.8, 4) is 22.9 Å². The zero-order valence-corrected chi connectivity index (χ0v) is 11.3. The summed E-state index contributed by atoms with van der Waals surface area (Å²) in [6.07, 6.45) is 0. The zero-order valence-electron chi connectivity index (χ0n) is 10.6. The maximum Gasteiger partial charge on any atom is 0.270 e. The van der Waals surface area contributed by atoms with Gasteiger partial charge in [0, 0.05) is 28.3 Å². The van der Waals surface area contributed by atoms with Crippen molar-refractivity contribution in [3.63, 3.8) is 0 Å². The lowest BCUT2D eigenvalue weighted by molar-refractivity contribution is -0.384. The van der Waals surface area contributed by atoms with E-state index < -0.39 is 4.92 Å². The van der Waals surface area contributed by atoms with E-state index in [1.54, 1.807) is 36.4 Å². The average molecular weight is 302 g/mol. The predicted octanol–water partition coefficient (Wildman–Crippen LogP) is 3.97. The van der Waals surface area contributed by atoms with Gasteiger partial charge in [0.25, 0.3) is 5.69 Å². The number of non-ortho nitro benzene ring substituents is 1. The van der Waals surface area contributed by atoms with Gasteiger partial charge in [-0.05, 0) is 30.3 Å². The molecule has 0 spiro atoms. The van der Waals surface area contributed by atoms with Crippen LogP contribution in [0.1, 0.15) is 0 Å². The molecule has 0 bridgehead atoms. The fraction of sp³-hybridized carbons (Fsp3) is 0. The molecule has 21 heavy (non-hydrogen) atoms. The van der Waals surface area contributed by atoms with E-state index in [2.05, 4.69) is 10.2 Å². The van der Waals surface area contributed by atoms with E-state index >= 15 is 0 Å². The smallest absolute Gasteiger partial charge is 0.270 e. The lowest BCUT2D eigenvalue weighted by Crippen LogP contribution is -1.88. The fourth-order valence-corrected chi connectivity index (χ4v) is 1.93. The van der Waals surface area contributed by atoms with Crippen LogP contribution in [0.4, 0.5) is 5.69 Å². The van der Waals surface area contributed by atoms with Crippen molar-refractivity contribution in [2.75, 3.05) is 0 Å². The third-order valence-electron chi connectivity index (χ3n) is 2.82. The van der Waals surface area contributed by atoms with Crippen molar-refractivity contribution in [3.05, 3.63) is 63.7 Å². The van der Waals surface area contributed by atoms with Gasteiger partial charge in [0.1, 0.15) is 0 Å². The number of nitro groups is 1. The minimum Gasteiger partial charge on any atom is -0.416 e. The first-order valence-electron chi connectivity index (χ1n) is 5.98. The molecular weight excluding hydrogens is 294 g/mol. The lowest BCUT2D eigenvalue weighted by atomic mass is 10.2. The highest BCUT2D eigenvalue weighted by atomic mass is 35.5. The fourth-order valence-electron chi connectivity index (χ4n) is 1.80. The quantitative estimate of drug-likeness (QED) is 0.540. The number of hydrogen-bond acceptors (Lipinski definition) is 5. The molecule has 3 aromatic rings. The summed E-state index contributed by atoms with van der Waals surface area (Å²) in [5.41, 5.74) is 1.19. The molecule has 0 fully saturated rings. The summed E-state index contributed by atoms with van der Waals surface area (Å²) in [6, 6.07) is 13.0. The van der Waals surface area contributed by atoms with E-state index in [0.717, 1.165) is 5.56 Å². The van der Waals surface area contributed by atoms with Gasteiger partial charge in [-0.15, -0.1) is 10.2 Å². The molecule has 7 heteroatoms. The number of nitrogens with zero attached hydrogens (tertiary/aromatic N) is 3. The molecule has 6 nitrogen and oxygen atoms in total. The SMILES string of the molecule is O=[N+]([O-])c1cccc(-c2nnc(-c3ccc(Cl)cc3)o2)c1. The molecule has 0 saturated heterocycles. The minimum absolute atomic E-state index is 0.0289. The summed E-state index contributed by atoms with van der Waals surface area (Å²) < 4.78 is 5.54. The van der Waals surface area contributed by atoms with Crippen LogP contribution in [0.2, 0.25) is 5.02 Å². The molecule has 0 aliphatic carbocycles. The molecule has 3 rings (SSSR count). The van der Waals surface area contributed by atoms with E-state index in [-0.39, 0.29) is 11.6 Å². The molecule has 2 aromatic carbocycles. The normalized spacial score (nSPS) is 10.5. The number of aromatic nitrogens is 2. The first-order chi connectivity index (χ1) is 10.1. The number of halogens is 1. The van der Waals surface area contributed by atoms with Gasteiger partial charge in [-0.25, -0.2) is 0 Å². The van der Waals surface area contributed by atoms with Gasteiger partial charge in [-0.1, -0.05) is 17.7 Å². The van der Waals surface area contributed by atoms with Crippen molar-refractivity contribution >= 4 is 17.3 Å². The van der Waals surface area contributed by atoms with Crippen LogP contribution in [0.5, 0.6) is 0 Å². The highest BCUT2D eigenvalue weighted by Crippen LogP contribution is 2.26. The molecule has 0 saturated carbocycles. The topological polar surface area (TPSA) is 82.1 Å². The summed E-state index contributed by atoms with van der Waals surface area (Å²) in [4.78, 5) is 10.3. The van der Waals surface area contributed by atoms with Gasteiger partial charge in [0.15, 0.2) is 0 Å². The molecule has 1 aromatic heterocycles.